The molecule has 0 aromatic heterocycles. The summed E-state index contributed by atoms with van der Waals surface area (Å²) in [5, 5.41) is 5.78. The molecular weight excluding hydrogens is 460 g/mol. The predicted octanol–water partition coefficient (Wildman–Crippen LogP) is 4.89. The summed E-state index contributed by atoms with van der Waals surface area (Å²) in [4.78, 5) is 38.9. The van der Waals surface area contributed by atoms with Crippen LogP contribution in [-0.2, 0) is 9.53 Å². The molecule has 0 aliphatic carbocycles. The van der Waals surface area contributed by atoms with Crippen LogP contribution in [0.4, 0.5) is 0 Å². The van der Waals surface area contributed by atoms with Crippen LogP contribution >= 0.6 is 23.5 Å². The number of benzene rings is 2. The third-order valence-electron chi connectivity index (χ3n) is 5.18. The molecular formula is C24H22N2O5S2. The second kappa shape index (κ2) is 9.07. The number of aryl methyl sites for hydroxylation is 1. The number of nitrogens with zero attached hydrogens (tertiary/aromatic N) is 2. The number of methoxy groups -OCH3 is 1. The fourth-order valence-corrected chi connectivity index (χ4v) is 6.16. The van der Waals surface area contributed by atoms with Crippen LogP contribution in [0.15, 0.2) is 61.1 Å². The first-order valence-electron chi connectivity index (χ1n) is 10.2. The van der Waals surface area contributed by atoms with Gasteiger partial charge in [-0.05, 0) is 48.7 Å². The van der Waals surface area contributed by atoms with Crippen molar-refractivity contribution in [1.82, 2.24) is 5.01 Å². The highest BCUT2D eigenvalue weighted by Gasteiger charge is 2.36. The van der Waals surface area contributed by atoms with Crippen LogP contribution in [0.5, 0.6) is 5.75 Å². The Morgan fingerprint density at radius 3 is 2.18 bits per heavy atom. The van der Waals surface area contributed by atoms with Crippen molar-refractivity contribution in [3.8, 4) is 5.75 Å². The number of rotatable bonds is 4. The molecule has 0 atom stereocenters. The summed E-state index contributed by atoms with van der Waals surface area (Å²) in [7, 11) is 2.95. The van der Waals surface area contributed by atoms with Crippen LogP contribution in [0.1, 0.15) is 40.1 Å². The van der Waals surface area contributed by atoms with Gasteiger partial charge in [0.05, 0.1) is 38.7 Å². The summed E-state index contributed by atoms with van der Waals surface area (Å²) < 4.78 is 11.2. The topological polar surface area (TPSA) is 85.3 Å². The molecule has 7 nitrogen and oxygen atoms in total. The third-order valence-corrected chi connectivity index (χ3v) is 7.93. The molecule has 2 aliphatic rings. The second-order valence-corrected chi connectivity index (χ2v) is 10.1. The van der Waals surface area contributed by atoms with Crippen molar-refractivity contribution in [3.05, 3.63) is 62.9 Å². The van der Waals surface area contributed by atoms with Crippen molar-refractivity contribution in [2.45, 2.75) is 30.6 Å². The van der Waals surface area contributed by atoms with E-state index in [1.54, 1.807) is 13.1 Å². The molecule has 2 aromatic carbocycles. The molecule has 1 amide bonds. The third kappa shape index (κ3) is 4.30. The minimum atomic E-state index is -0.537. The van der Waals surface area contributed by atoms with Crippen molar-refractivity contribution in [2.24, 2.45) is 11.0 Å². The van der Waals surface area contributed by atoms with Gasteiger partial charge in [-0.3, -0.25) is 4.79 Å². The lowest BCUT2D eigenvalue weighted by atomic mass is 10.0. The van der Waals surface area contributed by atoms with Crippen molar-refractivity contribution in [1.29, 1.82) is 0 Å². The lowest BCUT2D eigenvalue weighted by Crippen LogP contribution is -2.18. The average Bonchev–Trinajstić information content (AvgIpc) is 3.37. The molecule has 0 saturated heterocycles. The Balaban J connectivity index is 1.63. The van der Waals surface area contributed by atoms with Crippen molar-refractivity contribution in [2.75, 3.05) is 14.2 Å². The van der Waals surface area contributed by atoms with Crippen LogP contribution in [0.25, 0.3) is 0 Å². The number of hydrogen-bond donors (Lipinski definition) is 0. The molecule has 0 unspecified atom stereocenters. The Morgan fingerprint density at radius 1 is 0.970 bits per heavy atom. The predicted molar refractivity (Wildman–Crippen MR) is 128 cm³/mol. The number of fused-ring (bicyclic) bond motifs is 1. The van der Waals surface area contributed by atoms with Gasteiger partial charge in [0.2, 0.25) is 0 Å². The summed E-state index contributed by atoms with van der Waals surface area (Å²) in [6.07, 6.45) is 0. The summed E-state index contributed by atoms with van der Waals surface area (Å²) in [6.45, 7) is 6.00. The maximum absolute atomic E-state index is 12.8. The van der Waals surface area contributed by atoms with E-state index in [0.717, 1.165) is 25.3 Å². The molecule has 170 valence electrons. The quantitative estimate of drug-likeness (QED) is 0.348. The summed E-state index contributed by atoms with van der Waals surface area (Å²) in [5.41, 5.74) is 3.05. The van der Waals surface area contributed by atoms with E-state index in [0.29, 0.717) is 22.4 Å². The largest absolute Gasteiger partial charge is 0.465 e. The zero-order valence-corrected chi connectivity index (χ0v) is 20.4. The highest BCUT2D eigenvalue weighted by Crippen LogP contribution is 2.57. The Hall–Kier alpha value is -3.04. The smallest absolute Gasteiger partial charge is 0.343 e. The number of carbonyl (C=O) groups excluding carboxylic acids is 3. The van der Waals surface area contributed by atoms with E-state index in [2.05, 4.69) is 9.84 Å². The van der Waals surface area contributed by atoms with Crippen LogP contribution in [0.3, 0.4) is 0 Å². The van der Waals surface area contributed by atoms with Gasteiger partial charge in [-0.15, -0.1) is 0 Å². The monoisotopic (exact) mass is 482 g/mol. The SMILES string of the molecule is COC(=O)c1ccc(C(=O)Oc2ccc(C)c3c2S/C(=C2\C(=O)N(C)N=C2C(C)C)S3)cc1. The maximum atomic E-state index is 12.8. The number of likely N-dealkylation sites (N-methyl/N-ethyl adjacent to an activating group) is 1. The van der Waals surface area contributed by atoms with Gasteiger partial charge in [-0.25, -0.2) is 14.6 Å². The number of hydrazone groups is 1. The Bertz CT molecular complexity index is 1230. The highest BCUT2D eigenvalue weighted by molar-refractivity contribution is 8.24. The lowest BCUT2D eigenvalue weighted by molar-refractivity contribution is -0.124. The van der Waals surface area contributed by atoms with E-state index < -0.39 is 11.9 Å². The van der Waals surface area contributed by atoms with E-state index in [1.165, 1.54) is 59.9 Å². The molecule has 0 N–H and O–H groups in total. The second-order valence-electron chi connectivity index (χ2n) is 7.83. The van der Waals surface area contributed by atoms with Gasteiger partial charge in [0.15, 0.2) is 0 Å². The van der Waals surface area contributed by atoms with Crippen molar-refractivity contribution >= 4 is 47.1 Å². The van der Waals surface area contributed by atoms with Gasteiger partial charge in [0.1, 0.15) is 5.75 Å². The van der Waals surface area contributed by atoms with Crippen LogP contribution < -0.4 is 4.74 Å². The van der Waals surface area contributed by atoms with Gasteiger partial charge in [-0.2, -0.15) is 5.10 Å². The van der Waals surface area contributed by atoms with Gasteiger partial charge in [-0.1, -0.05) is 43.4 Å². The fourth-order valence-electron chi connectivity index (χ4n) is 3.40. The van der Waals surface area contributed by atoms with Gasteiger partial charge < -0.3 is 9.47 Å². The zero-order valence-electron chi connectivity index (χ0n) is 18.8. The van der Waals surface area contributed by atoms with Crippen molar-refractivity contribution in [3.63, 3.8) is 0 Å². The van der Waals surface area contributed by atoms with E-state index in [-0.39, 0.29) is 11.8 Å². The first-order chi connectivity index (χ1) is 15.7. The van der Waals surface area contributed by atoms with Gasteiger partial charge in [0, 0.05) is 11.9 Å². The molecule has 0 fully saturated rings. The Morgan fingerprint density at radius 2 is 1.58 bits per heavy atom. The van der Waals surface area contributed by atoms with E-state index >= 15 is 0 Å². The Kier molecular flexibility index (Phi) is 6.36. The van der Waals surface area contributed by atoms with Gasteiger partial charge >= 0.3 is 11.9 Å². The lowest BCUT2D eigenvalue weighted by Gasteiger charge is -2.10. The standard InChI is InChI=1S/C24H22N2O5S2/c1-12(2)18-17(21(27)26(4)25-18)24-32-19-13(3)6-11-16(20(19)33-24)31-23(29)15-9-7-14(8-10-15)22(28)30-5/h6-12H,1-5H3/b24-17-. The molecule has 2 aromatic rings. The molecule has 0 saturated carbocycles. The van der Waals surface area contributed by atoms with Crippen molar-refractivity contribution < 1.29 is 23.9 Å². The molecule has 0 bridgehead atoms. The highest BCUT2D eigenvalue weighted by atomic mass is 32.2. The fraction of sp³-hybridized carbons (Fsp3) is 0.250. The maximum Gasteiger partial charge on any atom is 0.343 e. The molecule has 2 heterocycles. The number of amides is 1. The molecule has 0 spiro atoms. The molecule has 4 rings (SSSR count). The summed E-state index contributed by atoms with van der Waals surface area (Å²) in [5.74, 6) is -0.629. The first-order valence-corrected chi connectivity index (χ1v) is 11.9. The average molecular weight is 483 g/mol. The molecule has 2 aliphatic heterocycles. The normalized spacial score (nSPS) is 17.3. The van der Waals surface area contributed by atoms with Crippen LogP contribution in [0.2, 0.25) is 0 Å². The van der Waals surface area contributed by atoms with Gasteiger partial charge in [0.25, 0.3) is 5.91 Å². The van der Waals surface area contributed by atoms with E-state index in [9.17, 15) is 14.4 Å². The zero-order chi connectivity index (χ0) is 23.9. The number of carbonyl (C=O) groups is 3. The number of hydrogen-bond acceptors (Lipinski definition) is 8. The van der Waals surface area contributed by atoms with E-state index in [4.69, 9.17) is 4.74 Å². The Labute approximate surface area is 200 Å². The summed E-state index contributed by atoms with van der Waals surface area (Å²) in [6, 6.07) is 9.74. The molecule has 33 heavy (non-hydrogen) atoms. The number of ether oxygens (including phenoxy) is 2. The molecule has 0 radical (unpaired) electrons. The number of thioether (sulfide) groups is 2. The minimum absolute atomic E-state index is 0.0951. The molecule has 9 heteroatoms. The minimum Gasteiger partial charge on any atom is -0.465 e. The van der Waals surface area contributed by atoms with E-state index in [1.807, 2.05) is 26.8 Å². The van der Waals surface area contributed by atoms with Crippen LogP contribution in [-0.4, -0.2) is 42.7 Å². The van der Waals surface area contributed by atoms with Crippen LogP contribution in [0, 0.1) is 12.8 Å². The first kappa shape index (κ1) is 23.1. The number of esters is 2. The summed E-state index contributed by atoms with van der Waals surface area (Å²) >= 11 is 2.93.